The molecule has 0 aliphatic carbocycles. The number of hydrogen-bond acceptors (Lipinski definition) is 4. The zero-order valence-electron chi connectivity index (χ0n) is 11.3. The van der Waals surface area contributed by atoms with Gasteiger partial charge in [0.25, 0.3) is 0 Å². The SMILES string of the molecule is CC(C)[C@@H](CO)NS(=O)(=O)c1cc(Cl)cc(C(=O)O)c1Cl. The lowest BCUT2D eigenvalue weighted by molar-refractivity contribution is 0.0697. The summed E-state index contributed by atoms with van der Waals surface area (Å²) in [6.07, 6.45) is 0. The van der Waals surface area contributed by atoms with Crippen molar-refractivity contribution in [1.29, 1.82) is 0 Å². The molecular formula is C12H15Cl2NO5S. The highest BCUT2D eigenvalue weighted by Gasteiger charge is 2.27. The molecule has 1 atom stereocenters. The highest BCUT2D eigenvalue weighted by atomic mass is 35.5. The van der Waals surface area contributed by atoms with Crippen LogP contribution >= 0.6 is 23.2 Å². The van der Waals surface area contributed by atoms with Crippen LogP contribution in [0.1, 0.15) is 24.2 Å². The Morgan fingerprint density at radius 1 is 1.33 bits per heavy atom. The third-order valence-corrected chi connectivity index (χ3v) is 5.08. The molecule has 0 amide bonds. The van der Waals surface area contributed by atoms with Crippen molar-refractivity contribution in [2.24, 2.45) is 5.92 Å². The van der Waals surface area contributed by atoms with Crippen LogP contribution in [0.25, 0.3) is 0 Å². The van der Waals surface area contributed by atoms with Crippen molar-refractivity contribution >= 4 is 39.2 Å². The first kappa shape index (κ1) is 18.2. The molecule has 0 fully saturated rings. The van der Waals surface area contributed by atoms with Gasteiger partial charge in [-0.25, -0.2) is 17.9 Å². The first-order valence-corrected chi connectivity index (χ1v) is 8.19. The summed E-state index contributed by atoms with van der Waals surface area (Å²) < 4.78 is 26.9. The van der Waals surface area contributed by atoms with E-state index >= 15 is 0 Å². The molecule has 1 aromatic rings. The fourth-order valence-electron chi connectivity index (χ4n) is 1.56. The minimum atomic E-state index is -4.12. The van der Waals surface area contributed by atoms with E-state index in [0.29, 0.717) is 0 Å². The molecule has 0 aromatic heterocycles. The molecule has 0 saturated carbocycles. The molecule has 0 bridgehead atoms. The van der Waals surface area contributed by atoms with E-state index in [9.17, 15) is 18.3 Å². The van der Waals surface area contributed by atoms with Crippen LogP contribution in [0.3, 0.4) is 0 Å². The van der Waals surface area contributed by atoms with Gasteiger partial charge in [-0.15, -0.1) is 0 Å². The zero-order chi connectivity index (χ0) is 16.4. The smallest absolute Gasteiger partial charge is 0.337 e. The van der Waals surface area contributed by atoms with Gasteiger partial charge in [0, 0.05) is 11.1 Å². The Labute approximate surface area is 132 Å². The molecule has 1 rings (SSSR count). The monoisotopic (exact) mass is 355 g/mol. The van der Waals surface area contributed by atoms with Crippen molar-refractivity contribution in [1.82, 2.24) is 4.72 Å². The fraction of sp³-hybridized carbons (Fsp3) is 0.417. The van der Waals surface area contributed by atoms with Crippen molar-refractivity contribution in [3.05, 3.63) is 27.7 Å². The predicted octanol–water partition coefficient (Wildman–Crippen LogP) is 1.99. The topological polar surface area (TPSA) is 104 Å². The number of aliphatic hydroxyl groups excluding tert-OH is 1. The summed E-state index contributed by atoms with van der Waals surface area (Å²) in [5.74, 6) is -1.55. The summed E-state index contributed by atoms with van der Waals surface area (Å²) in [7, 11) is -4.12. The summed E-state index contributed by atoms with van der Waals surface area (Å²) in [5, 5.41) is 17.7. The standard InChI is InChI=1S/C12H15Cl2NO5S/c1-6(2)9(5-16)15-21(19,20)10-4-7(13)3-8(11(10)14)12(17)18/h3-4,6,9,15-16H,5H2,1-2H3,(H,17,18)/t9-/m1/s1. The lowest BCUT2D eigenvalue weighted by atomic mass is 10.1. The molecule has 6 nitrogen and oxygen atoms in total. The number of aliphatic hydroxyl groups is 1. The number of carboxylic acids is 1. The fourth-order valence-corrected chi connectivity index (χ4v) is 3.84. The van der Waals surface area contributed by atoms with Crippen molar-refractivity contribution in [3.63, 3.8) is 0 Å². The molecule has 21 heavy (non-hydrogen) atoms. The minimum Gasteiger partial charge on any atom is -0.478 e. The summed E-state index contributed by atoms with van der Waals surface area (Å²) in [4.78, 5) is 10.6. The molecule has 1 aromatic carbocycles. The zero-order valence-corrected chi connectivity index (χ0v) is 13.6. The van der Waals surface area contributed by atoms with Gasteiger partial charge in [0.2, 0.25) is 10.0 Å². The normalized spacial score (nSPS) is 13.4. The number of halogens is 2. The lowest BCUT2D eigenvalue weighted by Gasteiger charge is -2.20. The number of carboxylic acid groups (broad SMARTS) is 1. The van der Waals surface area contributed by atoms with Crippen LogP contribution in [0.5, 0.6) is 0 Å². The largest absolute Gasteiger partial charge is 0.478 e. The highest BCUT2D eigenvalue weighted by molar-refractivity contribution is 7.89. The van der Waals surface area contributed by atoms with E-state index in [4.69, 9.17) is 28.3 Å². The van der Waals surface area contributed by atoms with Gasteiger partial charge in [0.1, 0.15) is 4.90 Å². The van der Waals surface area contributed by atoms with Crippen molar-refractivity contribution in [3.8, 4) is 0 Å². The van der Waals surface area contributed by atoms with Crippen LogP contribution < -0.4 is 4.72 Å². The number of hydrogen-bond donors (Lipinski definition) is 3. The molecule has 118 valence electrons. The molecule has 9 heteroatoms. The average molecular weight is 356 g/mol. The van der Waals surface area contributed by atoms with Crippen molar-refractivity contribution < 1.29 is 23.4 Å². The number of sulfonamides is 1. The van der Waals surface area contributed by atoms with E-state index in [1.54, 1.807) is 13.8 Å². The highest BCUT2D eigenvalue weighted by Crippen LogP contribution is 2.29. The van der Waals surface area contributed by atoms with Gasteiger partial charge in [0.05, 0.1) is 17.2 Å². The predicted molar refractivity (Wildman–Crippen MR) is 79.5 cm³/mol. The van der Waals surface area contributed by atoms with E-state index < -0.39 is 44.1 Å². The Hall–Kier alpha value is -0.860. The third kappa shape index (κ3) is 4.31. The summed E-state index contributed by atoms with van der Waals surface area (Å²) in [6.45, 7) is 3.05. The molecule has 0 aliphatic heterocycles. The van der Waals surface area contributed by atoms with Crippen molar-refractivity contribution in [2.75, 3.05) is 6.61 Å². The van der Waals surface area contributed by atoms with Gasteiger partial charge < -0.3 is 10.2 Å². The molecule has 0 heterocycles. The summed E-state index contributed by atoms with van der Waals surface area (Å²) in [5.41, 5.74) is -0.408. The van der Waals surface area contributed by atoms with E-state index in [-0.39, 0.29) is 10.9 Å². The van der Waals surface area contributed by atoms with E-state index in [1.165, 1.54) is 0 Å². The van der Waals surface area contributed by atoms with Gasteiger partial charge in [0.15, 0.2) is 0 Å². The summed E-state index contributed by atoms with van der Waals surface area (Å²) in [6, 6.07) is 1.41. The molecule has 0 saturated heterocycles. The van der Waals surface area contributed by atoms with E-state index in [0.717, 1.165) is 12.1 Å². The molecule has 0 spiro atoms. The Morgan fingerprint density at radius 3 is 2.33 bits per heavy atom. The number of rotatable bonds is 6. The number of benzene rings is 1. The Balaban J connectivity index is 3.35. The quantitative estimate of drug-likeness (QED) is 0.723. The van der Waals surface area contributed by atoms with Crippen LogP contribution in [0.15, 0.2) is 17.0 Å². The number of nitrogens with one attached hydrogen (secondary N) is 1. The van der Waals surface area contributed by atoms with E-state index in [2.05, 4.69) is 4.72 Å². The van der Waals surface area contributed by atoms with Crippen LogP contribution in [0.2, 0.25) is 10.0 Å². The molecule has 0 radical (unpaired) electrons. The van der Waals surface area contributed by atoms with Gasteiger partial charge in [-0.3, -0.25) is 0 Å². The van der Waals surface area contributed by atoms with Gasteiger partial charge >= 0.3 is 5.97 Å². The van der Waals surface area contributed by atoms with Gasteiger partial charge in [-0.1, -0.05) is 37.0 Å². The molecular weight excluding hydrogens is 341 g/mol. The number of aromatic carboxylic acids is 1. The molecule has 3 N–H and O–H groups in total. The average Bonchev–Trinajstić information content (AvgIpc) is 2.37. The maximum atomic E-state index is 12.3. The second kappa shape index (κ2) is 6.93. The van der Waals surface area contributed by atoms with Crippen molar-refractivity contribution in [2.45, 2.75) is 24.8 Å². The third-order valence-electron chi connectivity index (χ3n) is 2.83. The van der Waals surface area contributed by atoms with Gasteiger partial charge in [-0.2, -0.15) is 0 Å². The first-order valence-electron chi connectivity index (χ1n) is 5.95. The van der Waals surface area contributed by atoms with E-state index in [1.807, 2.05) is 0 Å². The Kier molecular flexibility index (Phi) is 6.01. The van der Waals surface area contributed by atoms with Crippen LogP contribution in [0.4, 0.5) is 0 Å². The Bertz CT molecular complexity index is 645. The number of carbonyl (C=O) groups is 1. The maximum Gasteiger partial charge on any atom is 0.337 e. The molecule has 0 unspecified atom stereocenters. The van der Waals surface area contributed by atoms with Crippen LogP contribution in [0, 0.1) is 5.92 Å². The molecule has 0 aliphatic rings. The minimum absolute atomic E-state index is 0.0673. The van der Waals surface area contributed by atoms with Crippen LogP contribution in [-0.4, -0.2) is 37.2 Å². The second-order valence-electron chi connectivity index (χ2n) is 4.72. The first-order chi connectivity index (χ1) is 9.60. The maximum absolute atomic E-state index is 12.3. The lowest BCUT2D eigenvalue weighted by Crippen LogP contribution is -2.41. The Morgan fingerprint density at radius 2 is 1.90 bits per heavy atom. The van der Waals surface area contributed by atoms with Crippen LogP contribution in [-0.2, 0) is 10.0 Å². The van der Waals surface area contributed by atoms with Gasteiger partial charge in [-0.05, 0) is 18.1 Å². The summed E-state index contributed by atoms with van der Waals surface area (Å²) >= 11 is 11.6. The second-order valence-corrected chi connectivity index (χ2v) is 7.22.